The lowest BCUT2D eigenvalue weighted by atomic mass is 10.2. The minimum atomic E-state index is 0.785. The van der Waals surface area contributed by atoms with Crippen molar-refractivity contribution in [2.45, 2.75) is 26.8 Å². The summed E-state index contributed by atoms with van der Waals surface area (Å²) < 4.78 is 2.94. The van der Waals surface area contributed by atoms with Crippen molar-refractivity contribution in [1.29, 1.82) is 0 Å². The molecule has 1 aromatic carbocycles. The molecule has 0 radical (unpaired) electrons. The molecule has 0 aliphatic carbocycles. The Hall–Kier alpha value is -1.46. The summed E-state index contributed by atoms with van der Waals surface area (Å²) in [6, 6.07) is 6.38. The van der Waals surface area contributed by atoms with E-state index in [1.165, 1.54) is 11.1 Å². The highest BCUT2D eigenvalue weighted by molar-refractivity contribution is 7.71. The molecule has 0 atom stereocenters. The molecule has 0 aliphatic heterocycles. The molecule has 3 nitrogen and oxygen atoms in total. The molecular weight excluding hydrogens is 274 g/mol. The van der Waals surface area contributed by atoms with Crippen molar-refractivity contribution in [1.82, 2.24) is 14.5 Å². The van der Waals surface area contributed by atoms with Crippen molar-refractivity contribution in [3.8, 4) is 0 Å². The summed E-state index contributed by atoms with van der Waals surface area (Å²) in [5.41, 5.74) is 4.67. The van der Waals surface area contributed by atoms with Crippen LogP contribution in [0.15, 0.2) is 23.6 Å². The second-order valence-electron chi connectivity index (χ2n) is 4.71. The second-order valence-corrected chi connectivity index (χ2v) is 6.16. The molecule has 0 fully saturated rings. The minimum Gasteiger partial charge on any atom is -0.331 e. The van der Waals surface area contributed by atoms with Crippen LogP contribution >= 0.6 is 23.6 Å². The highest BCUT2D eigenvalue weighted by Crippen LogP contribution is 2.17. The third kappa shape index (κ3) is 2.48. The lowest BCUT2D eigenvalue weighted by Gasteiger charge is -2.03. The molecule has 19 heavy (non-hydrogen) atoms. The molecule has 0 aliphatic rings. The first-order chi connectivity index (χ1) is 9.13. The molecule has 2 heterocycles. The Balaban J connectivity index is 1.92. The summed E-state index contributed by atoms with van der Waals surface area (Å²) in [6.45, 7) is 4.99. The first-order valence-electron chi connectivity index (χ1n) is 6.23. The van der Waals surface area contributed by atoms with Gasteiger partial charge < -0.3 is 9.55 Å². The van der Waals surface area contributed by atoms with E-state index in [4.69, 9.17) is 12.2 Å². The molecule has 0 amide bonds. The largest absolute Gasteiger partial charge is 0.331 e. The third-order valence-corrected chi connectivity index (χ3v) is 4.33. The summed E-state index contributed by atoms with van der Waals surface area (Å²) in [4.78, 5) is 7.76. The zero-order chi connectivity index (χ0) is 13.4. The van der Waals surface area contributed by atoms with E-state index in [-0.39, 0.29) is 0 Å². The highest BCUT2D eigenvalue weighted by atomic mass is 32.1. The van der Waals surface area contributed by atoms with Crippen molar-refractivity contribution in [3.05, 3.63) is 44.6 Å². The van der Waals surface area contributed by atoms with E-state index >= 15 is 0 Å². The number of nitrogens with one attached hydrogen (secondary N) is 1. The van der Waals surface area contributed by atoms with Crippen LogP contribution in [0.25, 0.3) is 11.0 Å². The molecule has 98 valence electrons. The first-order valence-corrected chi connectivity index (χ1v) is 7.52. The van der Waals surface area contributed by atoms with E-state index < -0.39 is 0 Å². The van der Waals surface area contributed by atoms with Gasteiger partial charge in [0.2, 0.25) is 0 Å². The van der Waals surface area contributed by atoms with Gasteiger partial charge in [0, 0.05) is 18.3 Å². The van der Waals surface area contributed by atoms with Crippen LogP contribution in [0.5, 0.6) is 0 Å². The van der Waals surface area contributed by atoms with E-state index in [9.17, 15) is 0 Å². The maximum absolute atomic E-state index is 5.41. The molecule has 1 N–H and O–H groups in total. The summed E-state index contributed by atoms with van der Waals surface area (Å²) in [5, 5.41) is 3.24. The number of thiazole rings is 1. The Kier molecular flexibility index (Phi) is 3.24. The van der Waals surface area contributed by atoms with Gasteiger partial charge in [0.05, 0.1) is 21.7 Å². The van der Waals surface area contributed by atoms with Crippen LogP contribution in [-0.2, 0) is 13.0 Å². The van der Waals surface area contributed by atoms with Gasteiger partial charge in [0.25, 0.3) is 0 Å². The number of aromatic nitrogens is 3. The van der Waals surface area contributed by atoms with Gasteiger partial charge in [-0.2, -0.15) is 0 Å². The van der Waals surface area contributed by atoms with Crippen molar-refractivity contribution < 1.29 is 0 Å². The predicted molar refractivity (Wildman–Crippen MR) is 82.4 cm³/mol. The second kappa shape index (κ2) is 4.90. The van der Waals surface area contributed by atoms with Crippen LogP contribution in [0.2, 0.25) is 0 Å². The van der Waals surface area contributed by atoms with E-state index in [0.29, 0.717) is 0 Å². The van der Waals surface area contributed by atoms with Crippen molar-refractivity contribution >= 4 is 34.6 Å². The number of aromatic amines is 1. The number of nitrogens with zero attached hydrogens (tertiary/aromatic N) is 2. The van der Waals surface area contributed by atoms with Gasteiger partial charge in [-0.25, -0.2) is 4.98 Å². The fourth-order valence-corrected chi connectivity index (χ4v) is 3.20. The van der Waals surface area contributed by atoms with Crippen LogP contribution in [0.1, 0.15) is 16.3 Å². The number of hydrogen-bond acceptors (Lipinski definition) is 3. The summed E-state index contributed by atoms with van der Waals surface area (Å²) in [5.74, 6) is 0. The quantitative estimate of drug-likeness (QED) is 0.739. The number of aryl methyl sites for hydroxylation is 4. The van der Waals surface area contributed by atoms with E-state index in [1.807, 2.05) is 6.92 Å². The van der Waals surface area contributed by atoms with Crippen molar-refractivity contribution in [2.24, 2.45) is 0 Å². The first kappa shape index (κ1) is 12.6. The van der Waals surface area contributed by atoms with Crippen LogP contribution < -0.4 is 0 Å². The molecular formula is C14H15N3S2. The zero-order valence-corrected chi connectivity index (χ0v) is 12.6. The Labute approximate surface area is 120 Å². The van der Waals surface area contributed by atoms with Gasteiger partial charge >= 0.3 is 0 Å². The molecule has 0 saturated heterocycles. The van der Waals surface area contributed by atoms with Crippen LogP contribution in [0, 0.1) is 18.6 Å². The number of H-pyrrole nitrogens is 1. The van der Waals surface area contributed by atoms with Crippen LogP contribution in [0.3, 0.4) is 0 Å². The molecule has 0 unspecified atom stereocenters. The average Bonchev–Trinajstić information content (AvgIpc) is 2.89. The molecule has 0 saturated carbocycles. The number of fused-ring (bicyclic) bond motifs is 1. The fourth-order valence-electron chi connectivity index (χ4n) is 2.25. The van der Waals surface area contributed by atoms with E-state index in [1.54, 1.807) is 11.3 Å². The Bertz CT molecular complexity index is 779. The number of benzene rings is 1. The lowest BCUT2D eigenvalue weighted by Crippen LogP contribution is -2.01. The van der Waals surface area contributed by atoms with Crippen molar-refractivity contribution in [2.75, 3.05) is 0 Å². The van der Waals surface area contributed by atoms with Crippen LogP contribution in [0.4, 0.5) is 0 Å². The smallest absolute Gasteiger partial charge is 0.178 e. The maximum atomic E-state index is 5.41. The lowest BCUT2D eigenvalue weighted by molar-refractivity contribution is 0.697. The van der Waals surface area contributed by atoms with Gasteiger partial charge in [-0.15, -0.1) is 11.3 Å². The monoisotopic (exact) mass is 289 g/mol. The molecule has 0 bridgehead atoms. The molecule has 5 heteroatoms. The Morgan fingerprint density at radius 2 is 2.21 bits per heavy atom. The normalized spacial score (nSPS) is 11.3. The van der Waals surface area contributed by atoms with E-state index in [0.717, 1.165) is 34.0 Å². The van der Waals surface area contributed by atoms with Gasteiger partial charge in [-0.1, -0.05) is 6.07 Å². The third-order valence-electron chi connectivity index (χ3n) is 3.19. The summed E-state index contributed by atoms with van der Waals surface area (Å²) in [7, 11) is 0. The van der Waals surface area contributed by atoms with Gasteiger partial charge in [0.15, 0.2) is 4.77 Å². The number of hydrogen-bond donors (Lipinski definition) is 1. The summed E-state index contributed by atoms with van der Waals surface area (Å²) >= 11 is 7.10. The van der Waals surface area contributed by atoms with Gasteiger partial charge in [-0.05, 0) is 43.8 Å². The highest BCUT2D eigenvalue weighted by Gasteiger charge is 2.05. The number of imidazole rings is 1. The van der Waals surface area contributed by atoms with Gasteiger partial charge in [0.1, 0.15) is 0 Å². The SMILES string of the molecule is Cc1ccc2c(c1)[nH]c(=S)n2CCc1csc(C)n1. The summed E-state index contributed by atoms with van der Waals surface area (Å²) in [6.07, 6.45) is 0.916. The standard InChI is InChI=1S/C14H15N3S2/c1-9-3-4-13-12(7-9)16-14(18)17(13)6-5-11-8-19-10(2)15-11/h3-4,7-8H,5-6H2,1-2H3,(H,16,18). The average molecular weight is 289 g/mol. The van der Waals surface area contributed by atoms with Crippen LogP contribution in [-0.4, -0.2) is 14.5 Å². The predicted octanol–water partition coefficient (Wildman–Crippen LogP) is 4.01. The van der Waals surface area contributed by atoms with Gasteiger partial charge in [-0.3, -0.25) is 0 Å². The maximum Gasteiger partial charge on any atom is 0.178 e. The minimum absolute atomic E-state index is 0.785. The fraction of sp³-hybridized carbons (Fsp3) is 0.286. The van der Waals surface area contributed by atoms with Crippen molar-refractivity contribution in [3.63, 3.8) is 0 Å². The Morgan fingerprint density at radius 3 is 2.95 bits per heavy atom. The number of rotatable bonds is 3. The molecule has 0 spiro atoms. The topological polar surface area (TPSA) is 33.6 Å². The van der Waals surface area contributed by atoms with E-state index in [2.05, 4.69) is 45.0 Å². The zero-order valence-electron chi connectivity index (χ0n) is 10.9. The Morgan fingerprint density at radius 1 is 1.37 bits per heavy atom. The molecule has 2 aromatic heterocycles. The molecule has 3 rings (SSSR count). The molecule has 3 aromatic rings.